The van der Waals surface area contributed by atoms with Gasteiger partial charge in [0.1, 0.15) is 0 Å². The molecule has 1 aromatic carbocycles. The maximum Gasteiger partial charge on any atom is 0.228 e. The van der Waals surface area contributed by atoms with Gasteiger partial charge in [0.15, 0.2) is 5.82 Å². The summed E-state index contributed by atoms with van der Waals surface area (Å²) in [5, 5.41) is 6.98. The predicted octanol–water partition coefficient (Wildman–Crippen LogP) is 2.52. The van der Waals surface area contributed by atoms with Gasteiger partial charge in [0.2, 0.25) is 11.8 Å². The number of nitrogens with zero attached hydrogens (tertiary/aromatic N) is 3. The van der Waals surface area contributed by atoms with Crippen molar-refractivity contribution in [3.63, 3.8) is 0 Å². The van der Waals surface area contributed by atoms with Crippen molar-refractivity contribution in [1.29, 1.82) is 0 Å². The fourth-order valence-corrected chi connectivity index (χ4v) is 4.41. The van der Waals surface area contributed by atoms with E-state index in [1.807, 2.05) is 13.0 Å². The van der Waals surface area contributed by atoms with Crippen LogP contribution in [0.4, 0.5) is 0 Å². The molecule has 0 spiro atoms. The van der Waals surface area contributed by atoms with Gasteiger partial charge in [0, 0.05) is 31.5 Å². The number of aryl methyl sites for hydroxylation is 1. The minimum Gasteiger partial charge on any atom is -0.355 e. The Morgan fingerprint density at radius 1 is 1.35 bits per heavy atom. The Bertz CT molecular complexity index is 745. The summed E-state index contributed by atoms with van der Waals surface area (Å²) in [6.45, 7) is 3.63. The Morgan fingerprint density at radius 3 is 2.96 bits per heavy atom. The van der Waals surface area contributed by atoms with Gasteiger partial charge in [-0.05, 0) is 31.4 Å². The quantitative estimate of drug-likeness (QED) is 0.863. The first-order valence-electron chi connectivity index (χ1n) is 9.66. The van der Waals surface area contributed by atoms with Gasteiger partial charge in [-0.15, -0.1) is 0 Å². The van der Waals surface area contributed by atoms with Crippen LogP contribution >= 0.6 is 0 Å². The highest BCUT2D eigenvalue weighted by molar-refractivity contribution is 5.80. The molecule has 2 aliphatic rings. The molecule has 1 N–H and O–H groups in total. The molecule has 2 fully saturated rings. The molecule has 3 heterocycles. The summed E-state index contributed by atoms with van der Waals surface area (Å²) in [4.78, 5) is 19.6. The van der Waals surface area contributed by atoms with Gasteiger partial charge in [0.25, 0.3) is 0 Å². The number of benzene rings is 1. The van der Waals surface area contributed by atoms with Crippen LogP contribution in [-0.2, 0) is 17.6 Å². The Kier molecular flexibility index (Phi) is 5.02. The van der Waals surface area contributed by atoms with Gasteiger partial charge >= 0.3 is 0 Å². The van der Waals surface area contributed by atoms with Crippen molar-refractivity contribution in [3.05, 3.63) is 47.6 Å². The standard InChI is InChI=1S/C20H26N4O2/c1-2-18-22-19(26-23-18)10-11-21-20(25)15-13-17(14-7-4-3-5-8-14)24-12-6-9-16(15)24/h3-5,7-8,15-17H,2,6,9-13H2,1H3,(H,21,25)/t15?,16-,17?/m0/s1. The van der Waals surface area contributed by atoms with Gasteiger partial charge < -0.3 is 9.84 Å². The van der Waals surface area contributed by atoms with Crippen molar-refractivity contribution < 1.29 is 9.32 Å². The topological polar surface area (TPSA) is 71.3 Å². The largest absolute Gasteiger partial charge is 0.355 e. The average Bonchev–Trinajstić information content (AvgIpc) is 3.38. The average molecular weight is 354 g/mol. The summed E-state index contributed by atoms with van der Waals surface area (Å²) in [6, 6.07) is 11.3. The molecule has 1 aromatic heterocycles. The molecule has 2 unspecified atom stereocenters. The molecule has 4 rings (SSSR count). The Labute approximate surface area is 154 Å². The van der Waals surface area contributed by atoms with Crippen LogP contribution in [0.1, 0.15) is 49.5 Å². The van der Waals surface area contributed by atoms with Gasteiger partial charge in [-0.3, -0.25) is 9.69 Å². The molecule has 0 aliphatic carbocycles. The van der Waals surface area contributed by atoms with E-state index in [4.69, 9.17) is 4.52 Å². The highest BCUT2D eigenvalue weighted by Crippen LogP contribution is 2.44. The molecule has 3 atom stereocenters. The van der Waals surface area contributed by atoms with Crippen molar-refractivity contribution in [1.82, 2.24) is 20.4 Å². The summed E-state index contributed by atoms with van der Waals surface area (Å²) >= 11 is 0. The van der Waals surface area contributed by atoms with E-state index in [0.29, 0.717) is 30.9 Å². The van der Waals surface area contributed by atoms with Crippen LogP contribution in [0.2, 0.25) is 0 Å². The first-order valence-corrected chi connectivity index (χ1v) is 9.66. The van der Waals surface area contributed by atoms with Crippen LogP contribution in [0, 0.1) is 5.92 Å². The lowest BCUT2D eigenvalue weighted by atomic mass is 9.93. The number of carbonyl (C=O) groups excluding carboxylic acids is 1. The molecular weight excluding hydrogens is 328 g/mol. The van der Waals surface area contributed by atoms with Crippen LogP contribution < -0.4 is 5.32 Å². The fourth-order valence-electron chi connectivity index (χ4n) is 4.41. The number of amides is 1. The molecule has 26 heavy (non-hydrogen) atoms. The first kappa shape index (κ1) is 17.2. The minimum absolute atomic E-state index is 0.0663. The van der Waals surface area contributed by atoms with Gasteiger partial charge in [-0.2, -0.15) is 4.98 Å². The lowest BCUT2D eigenvalue weighted by molar-refractivity contribution is -0.125. The summed E-state index contributed by atoms with van der Waals surface area (Å²) in [5.41, 5.74) is 1.33. The highest BCUT2D eigenvalue weighted by Gasteiger charge is 2.46. The maximum atomic E-state index is 12.8. The van der Waals surface area contributed by atoms with E-state index in [2.05, 4.69) is 44.6 Å². The number of carbonyl (C=O) groups is 1. The monoisotopic (exact) mass is 354 g/mol. The number of hydrogen-bond acceptors (Lipinski definition) is 5. The van der Waals surface area contributed by atoms with E-state index in [1.54, 1.807) is 0 Å². The normalized spacial score (nSPS) is 25.3. The molecule has 0 radical (unpaired) electrons. The smallest absolute Gasteiger partial charge is 0.228 e. The Hall–Kier alpha value is -2.21. The number of aromatic nitrogens is 2. The van der Waals surface area contributed by atoms with E-state index in [0.717, 1.165) is 31.6 Å². The summed E-state index contributed by atoms with van der Waals surface area (Å²) in [7, 11) is 0. The molecule has 2 aliphatic heterocycles. The number of hydrogen-bond donors (Lipinski definition) is 1. The molecule has 2 saturated heterocycles. The molecule has 2 aromatic rings. The van der Waals surface area contributed by atoms with Gasteiger partial charge in [-0.1, -0.05) is 42.4 Å². The third kappa shape index (κ3) is 3.38. The number of fused-ring (bicyclic) bond motifs is 1. The summed E-state index contributed by atoms with van der Waals surface area (Å²) < 4.78 is 5.19. The third-order valence-electron chi connectivity index (χ3n) is 5.67. The van der Waals surface area contributed by atoms with Crippen LogP contribution in [-0.4, -0.2) is 40.1 Å². The van der Waals surface area contributed by atoms with E-state index in [1.165, 1.54) is 12.0 Å². The van der Waals surface area contributed by atoms with Crippen LogP contribution in [0.25, 0.3) is 0 Å². The van der Waals surface area contributed by atoms with E-state index in [9.17, 15) is 4.79 Å². The molecule has 0 saturated carbocycles. The third-order valence-corrected chi connectivity index (χ3v) is 5.67. The van der Waals surface area contributed by atoms with E-state index >= 15 is 0 Å². The van der Waals surface area contributed by atoms with Crippen molar-refractivity contribution >= 4 is 5.91 Å². The van der Waals surface area contributed by atoms with E-state index < -0.39 is 0 Å². The zero-order valence-electron chi connectivity index (χ0n) is 15.2. The van der Waals surface area contributed by atoms with Gasteiger partial charge in [0.05, 0.1) is 5.92 Å². The molecule has 6 heteroatoms. The molecule has 138 valence electrons. The molecular formula is C20H26N4O2. The fraction of sp³-hybridized carbons (Fsp3) is 0.550. The second-order valence-electron chi connectivity index (χ2n) is 7.22. The van der Waals surface area contributed by atoms with E-state index in [-0.39, 0.29) is 11.8 Å². The maximum absolute atomic E-state index is 12.8. The van der Waals surface area contributed by atoms with Crippen LogP contribution in [0.15, 0.2) is 34.9 Å². The molecule has 1 amide bonds. The highest BCUT2D eigenvalue weighted by atomic mass is 16.5. The predicted molar refractivity (Wildman–Crippen MR) is 97.4 cm³/mol. The summed E-state index contributed by atoms with van der Waals surface area (Å²) in [5.74, 6) is 1.54. The lowest BCUT2D eigenvalue weighted by Gasteiger charge is -2.24. The molecule has 0 bridgehead atoms. The van der Waals surface area contributed by atoms with Crippen molar-refractivity contribution in [2.45, 2.75) is 51.1 Å². The van der Waals surface area contributed by atoms with Crippen LogP contribution in [0.3, 0.4) is 0 Å². The van der Waals surface area contributed by atoms with Crippen molar-refractivity contribution in [2.24, 2.45) is 5.92 Å². The zero-order valence-corrected chi connectivity index (χ0v) is 15.2. The first-order chi connectivity index (χ1) is 12.8. The van der Waals surface area contributed by atoms with Crippen LogP contribution in [0.5, 0.6) is 0 Å². The SMILES string of the molecule is CCc1noc(CCNC(=O)C2CC(c3ccccc3)N3CCC[C@@H]23)n1. The number of rotatable bonds is 6. The Balaban J connectivity index is 1.36. The lowest BCUT2D eigenvalue weighted by Crippen LogP contribution is -2.38. The Morgan fingerprint density at radius 2 is 2.19 bits per heavy atom. The van der Waals surface area contributed by atoms with Crippen molar-refractivity contribution in [3.8, 4) is 0 Å². The molecule has 6 nitrogen and oxygen atoms in total. The van der Waals surface area contributed by atoms with Gasteiger partial charge in [-0.25, -0.2) is 0 Å². The minimum atomic E-state index is 0.0663. The second-order valence-corrected chi connectivity index (χ2v) is 7.22. The number of nitrogens with one attached hydrogen (secondary N) is 1. The zero-order chi connectivity index (χ0) is 17.9. The second kappa shape index (κ2) is 7.58. The van der Waals surface area contributed by atoms with Crippen molar-refractivity contribution in [2.75, 3.05) is 13.1 Å². The summed E-state index contributed by atoms with van der Waals surface area (Å²) in [6.07, 6.45) is 4.55.